The molecule has 0 spiro atoms. The van der Waals surface area contributed by atoms with Gasteiger partial charge >= 0.3 is 0 Å². The Morgan fingerprint density at radius 2 is 0.386 bits per heavy atom. The van der Waals surface area contributed by atoms with Crippen molar-refractivity contribution in [1.29, 1.82) is 0 Å². The number of hydrogen-bond donors (Lipinski definition) is 2. The zero-order chi connectivity index (χ0) is 29.9. The van der Waals surface area contributed by atoms with Gasteiger partial charge in [-0.3, -0.25) is 0 Å². The Labute approximate surface area is 257 Å². The maximum atomic E-state index is 10.3. The van der Waals surface area contributed by atoms with Crippen molar-refractivity contribution in [2.24, 2.45) is 0 Å². The lowest BCUT2D eigenvalue weighted by molar-refractivity contribution is 0.477. The Hall–Kier alpha value is -5.86. The molecule has 0 aliphatic rings. The molecule has 0 heterocycles. The van der Waals surface area contributed by atoms with E-state index in [9.17, 15) is 10.2 Å². The minimum Gasteiger partial charge on any atom is -0.507 e. The van der Waals surface area contributed by atoms with Gasteiger partial charge in [0.05, 0.1) is 0 Å². The first kappa shape index (κ1) is 27.0. The van der Waals surface area contributed by atoms with Gasteiger partial charge in [-0.25, -0.2) is 0 Å². The SMILES string of the molecule is Oc1ccccc1-c1ccc(-c2ccccc2-c2ccc(-c3ccccc3-c3ccc(-c4ccccc4O)cc3)cc2)cc1. The molecule has 0 unspecified atom stereocenters. The number of phenols is 2. The van der Waals surface area contributed by atoms with E-state index in [1.807, 2.05) is 36.4 Å². The molecule has 0 radical (unpaired) electrons. The monoisotopic (exact) mass is 566 g/mol. The van der Waals surface area contributed by atoms with Crippen LogP contribution in [0.3, 0.4) is 0 Å². The van der Waals surface area contributed by atoms with Crippen LogP contribution in [-0.2, 0) is 0 Å². The molecule has 2 nitrogen and oxygen atoms in total. The van der Waals surface area contributed by atoms with Crippen LogP contribution in [-0.4, -0.2) is 10.2 Å². The van der Waals surface area contributed by atoms with E-state index in [0.29, 0.717) is 0 Å². The first-order chi connectivity index (χ1) is 21.7. The fourth-order valence-corrected chi connectivity index (χ4v) is 5.90. The Kier molecular flexibility index (Phi) is 7.24. The molecular weight excluding hydrogens is 536 g/mol. The van der Waals surface area contributed by atoms with Crippen LogP contribution in [0.15, 0.2) is 170 Å². The molecule has 0 saturated carbocycles. The Bertz CT molecular complexity index is 1900. The van der Waals surface area contributed by atoms with E-state index in [-0.39, 0.29) is 11.5 Å². The molecule has 0 amide bonds. The second-order valence-corrected chi connectivity index (χ2v) is 10.9. The van der Waals surface area contributed by atoms with E-state index in [4.69, 9.17) is 0 Å². The molecule has 7 aromatic rings. The average molecular weight is 567 g/mol. The third kappa shape index (κ3) is 5.26. The Morgan fingerprint density at radius 3 is 0.614 bits per heavy atom. The van der Waals surface area contributed by atoms with E-state index in [1.54, 1.807) is 12.1 Å². The largest absolute Gasteiger partial charge is 0.507 e. The highest BCUT2D eigenvalue weighted by Crippen LogP contribution is 2.38. The summed E-state index contributed by atoms with van der Waals surface area (Å²) in [6.07, 6.45) is 0. The van der Waals surface area contributed by atoms with Gasteiger partial charge in [0.15, 0.2) is 0 Å². The van der Waals surface area contributed by atoms with Crippen molar-refractivity contribution >= 4 is 0 Å². The highest BCUT2D eigenvalue weighted by atomic mass is 16.3. The molecule has 0 saturated heterocycles. The predicted molar refractivity (Wildman–Crippen MR) is 182 cm³/mol. The van der Waals surface area contributed by atoms with Crippen molar-refractivity contribution in [3.63, 3.8) is 0 Å². The fourth-order valence-electron chi connectivity index (χ4n) is 5.90. The van der Waals surface area contributed by atoms with Gasteiger partial charge in [-0.05, 0) is 67.8 Å². The van der Waals surface area contributed by atoms with Crippen molar-refractivity contribution in [3.05, 3.63) is 170 Å². The van der Waals surface area contributed by atoms with Crippen LogP contribution < -0.4 is 0 Å². The number of rotatable bonds is 6. The minimum atomic E-state index is 0.284. The zero-order valence-corrected chi connectivity index (χ0v) is 24.1. The van der Waals surface area contributed by atoms with E-state index in [2.05, 4.69) is 121 Å². The lowest BCUT2D eigenvalue weighted by Gasteiger charge is -2.14. The molecule has 210 valence electrons. The normalized spacial score (nSPS) is 10.9. The first-order valence-corrected chi connectivity index (χ1v) is 14.7. The summed E-state index contributed by atoms with van der Waals surface area (Å²) >= 11 is 0. The first-order valence-electron chi connectivity index (χ1n) is 14.7. The highest BCUT2D eigenvalue weighted by Gasteiger charge is 2.12. The van der Waals surface area contributed by atoms with Gasteiger partial charge in [0.2, 0.25) is 0 Å². The van der Waals surface area contributed by atoms with Gasteiger partial charge in [-0.15, -0.1) is 0 Å². The van der Waals surface area contributed by atoms with E-state index in [0.717, 1.165) is 55.6 Å². The van der Waals surface area contributed by atoms with Crippen molar-refractivity contribution in [2.45, 2.75) is 0 Å². The number of aromatic hydroxyl groups is 2. The minimum absolute atomic E-state index is 0.284. The topological polar surface area (TPSA) is 40.5 Å². The van der Waals surface area contributed by atoms with Gasteiger partial charge in [-0.2, -0.15) is 0 Å². The van der Waals surface area contributed by atoms with Gasteiger partial charge in [0.25, 0.3) is 0 Å². The lowest BCUT2D eigenvalue weighted by Crippen LogP contribution is -1.88. The predicted octanol–water partition coefficient (Wildman–Crippen LogP) is 11.1. The third-order valence-electron chi connectivity index (χ3n) is 8.18. The molecule has 2 N–H and O–H groups in total. The van der Waals surface area contributed by atoms with Gasteiger partial charge in [-0.1, -0.05) is 158 Å². The third-order valence-corrected chi connectivity index (χ3v) is 8.18. The van der Waals surface area contributed by atoms with Gasteiger partial charge in [0, 0.05) is 11.1 Å². The molecule has 2 heteroatoms. The molecule has 0 aromatic heterocycles. The zero-order valence-electron chi connectivity index (χ0n) is 24.1. The second kappa shape index (κ2) is 11.8. The fraction of sp³-hybridized carbons (Fsp3) is 0. The van der Waals surface area contributed by atoms with Gasteiger partial charge < -0.3 is 10.2 Å². The molecule has 7 rings (SSSR count). The number of hydrogen-bond acceptors (Lipinski definition) is 2. The van der Waals surface area contributed by atoms with Crippen molar-refractivity contribution in [3.8, 4) is 78.3 Å². The summed E-state index contributed by atoms with van der Waals surface area (Å²) < 4.78 is 0. The molecule has 0 atom stereocenters. The molecule has 0 aliphatic carbocycles. The van der Waals surface area contributed by atoms with E-state index < -0.39 is 0 Å². The molecule has 0 fully saturated rings. The van der Waals surface area contributed by atoms with Crippen molar-refractivity contribution in [2.75, 3.05) is 0 Å². The summed E-state index contributed by atoms with van der Waals surface area (Å²) in [4.78, 5) is 0. The summed E-state index contributed by atoms with van der Waals surface area (Å²) in [5, 5.41) is 20.6. The lowest BCUT2D eigenvalue weighted by atomic mass is 9.90. The smallest absolute Gasteiger partial charge is 0.123 e. The molecular formula is C42H30O2. The summed E-state index contributed by atoms with van der Waals surface area (Å²) in [5.74, 6) is 0.568. The Balaban J connectivity index is 1.18. The van der Waals surface area contributed by atoms with Crippen LogP contribution >= 0.6 is 0 Å². The summed E-state index contributed by atoms with van der Waals surface area (Å²) in [6, 6.07) is 57.4. The van der Waals surface area contributed by atoms with Crippen molar-refractivity contribution < 1.29 is 10.2 Å². The van der Waals surface area contributed by atoms with Crippen LogP contribution in [0, 0.1) is 0 Å². The highest BCUT2D eigenvalue weighted by molar-refractivity contribution is 5.88. The maximum absolute atomic E-state index is 10.3. The summed E-state index contributed by atoms with van der Waals surface area (Å²) in [7, 11) is 0. The van der Waals surface area contributed by atoms with Crippen LogP contribution in [0.4, 0.5) is 0 Å². The second-order valence-electron chi connectivity index (χ2n) is 10.9. The van der Waals surface area contributed by atoms with Crippen LogP contribution in [0.2, 0.25) is 0 Å². The van der Waals surface area contributed by atoms with Crippen molar-refractivity contribution in [1.82, 2.24) is 0 Å². The molecule has 0 aliphatic heterocycles. The van der Waals surface area contributed by atoms with E-state index in [1.165, 1.54) is 11.1 Å². The van der Waals surface area contributed by atoms with Crippen LogP contribution in [0.25, 0.3) is 66.8 Å². The molecule has 0 bridgehead atoms. The summed E-state index contributed by atoms with van der Waals surface area (Å²) in [6.45, 7) is 0. The summed E-state index contributed by atoms with van der Waals surface area (Å²) in [5.41, 5.74) is 12.8. The molecule has 44 heavy (non-hydrogen) atoms. The maximum Gasteiger partial charge on any atom is 0.123 e. The number of phenolic OH excluding ortho intramolecular Hbond substituents is 2. The van der Waals surface area contributed by atoms with Gasteiger partial charge in [0.1, 0.15) is 11.5 Å². The number of benzene rings is 7. The van der Waals surface area contributed by atoms with E-state index >= 15 is 0 Å². The Morgan fingerprint density at radius 1 is 0.205 bits per heavy atom. The molecule has 7 aromatic carbocycles. The van der Waals surface area contributed by atoms with Crippen LogP contribution in [0.1, 0.15) is 0 Å². The standard InChI is InChI=1S/C42H30O2/c43-41-15-7-5-13-39(41)33-25-21-31(22-26-33)37-11-3-1-9-35(37)29-17-19-30(20-18-29)36-10-2-4-12-38(36)32-23-27-34(28-24-32)40-14-6-8-16-42(40)44/h1-28,43-44H. The quantitative estimate of drug-likeness (QED) is 0.210. The van der Waals surface area contributed by atoms with Crippen LogP contribution in [0.5, 0.6) is 11.5 Å². The average Bonchev–Trinajstić information content (AvgIpc) is 3.09. The number of para-hydroxylation sites is 2.